The van der Waals surface area contributed by atoms with Crippen LogP contribution in [-0.4, -0.2) is 15.8 Å². The SMILES string of the molecule is Cc1nc(SC2=CC(=O)CC2)nc(C)c1C. The van der Waals surface area contributed by atoms with Crippen molar-refractivity contribution in [3.8, 4) is 0 Å². The summed E-state index contributed by atoms with van der Waals surface area (Å²) in [5.74, 6) is 0.211. The topological polar surface area (TPSA) is 42.9 Å². The van der Waals surface area contributed by atoms with Crippen LogP contribution in [0.25, 0.3) is 0 Å². The number of hydrogen-bond acceptors (Lipinski definition) is 4. The van der Waals surface area contributed by atoms with Gasteiger partial charge in [-0.05, 0) is 43.7 Å². The van der Waals surface area contributed by atoms with E-state index in [2.05, 4.69) is 9.97 Å². The maximum atomic E-state index is 11.1. The number of carbonyl (C=O) groups is 1. The minimum Gasteiger partial charge on any atom is -0.295 e. The van der Waals surface area contributed by atoms with Gasteiger partial charge >= 0.3 is 0 Å². The Bertz CT molecular complexity index is 457. The number of aryl methyl sites for hydroxylation is 2. The Morgan fingerprint density at radius 3 is 2.25 bits per heavy atom. The molecule has 0 aliphatic heterocycles. The Morgan fingerprint density at radius 2 is 1.75 bits per heavy atom. The lowest BCUT2D eigenvalue weighted by molar-refractivity contribution is -0.114. The van der Waals surface area contributed by atoms with E-state index in [1.807, 2.05) is 20.8 Å². The van der Waals surface area contributed by atoms with E-state index in [1.165, 1.54) is 11.8 Å². The molecule has 0 amide bonds. The molecule has 0 bridgehead atoms. The number of carbonyl (C=O) groups excluding carboxylic acids is 1. The fraction of sp³-hybridized carbons (Fsp3) is 0.417. The summed E-state index contributed by atoms with van der Waals surface area (Å²) >= 11 is 1.51. The van der Waals surface area contributed by atoms with Gasteiger partial charge < -0.3 is 0 Å². The second-order valence-electron chi connectivity index (χ2n) is 3.98. The highest BCUT2D eigenvalue weighted by Gasteiger charge is 2.15. The molecular formula is C12H14N2OS. The fourth-order valence-corrected chi connectivity index (χ4v) is 2.55. The Labute approximate surface area is 99.4 Å². The molecule has 0 saturated heterocycles. The summed E-state index contributed by atoms with van der Waals surface area (Å²) in [5.41, 5.74) is 3.17. The summed E-state index contributed by atoms with van der Waals surface area (Å²) in [7, 11) is 0. The highest BCUT2D eigenvalue weighted by molar-refractivity contribution is 8.03. The average Bonchev–Trinajstić information content (AvgIpc) is 2.60. The van der Waals surface area contributed by atoms with E-state index in [4.69, 9.17) is 0 Å². The lowest BCUT2D eigenvalue weighted by atomic mass is 10.2. The lowest BCUT2D eigenvalue weighted by Crippen LogP contribution is -1.97. The van der Waals surface area contributed by atoms with Crippen LogP contribution >= 0.6 is 11.8 Å². The summed E-state index contributed by atoms with van der Waals surface area (Å²) in [4.78, 5) is 21.0. The van der Waals surface area contributed by atoms with Crippen molar-refractivity contribution < 1.29 is 4.79 Å². The van der Waals surface area contributed by atoms with Crippen molar-refractivity contribution in [2.75, 3.05) is 0 Å². The molecule has 4 heteroatoms. The highest BCUT2D eigenvalue weighted by Crippen LogP contribution is 2.31. The van der Waals surface area contributed by atoms with E-state index in [-0.39, 0.29) is 5.78 Å². The first-order valence-electron chi connectivity index (χ1n) is 5.29. The number of aromatic nitrogens is 2. The van der Waals surface area contributed by atoms with Gasteiger partial charge in [-0.3, -0.25) is 4.79 Å². The Balaban J connectivity index is 2.22. The van der Waals surface area contributed by atoms with Crippen LogP contribution in [0.5, 0.6) is 0 Å². The maximum Gasteiger partial charge on any atom is 0.192 e. The van der Waals surface area contributed by atoms with E-state index < -0.39 is 0 Å². The van der Waals surface area contributed by atoms with Crippen LogP contribution in [0.15, 0.2) is 16.1 Å². The molecule has 0 radical (unpaired) electrons. The third-order valence-corrected chi connectivity index (χ3v) is 3.72. The predicted octanol–water partition coefficient (Wildman–Crippen LogP) is 2.74. The molecule has 0 unspecified atom stereocenters. The maximum absolute atomic E-state index is 11.1. The van der Waals surface area contributed by atoms with E-state index >= 15 is 0 Å². The van der Waals surface area contributed by atoms with Gasteiger partial charge in [0, 0.05) is 17.8 Å². The quantitative estimate of drug-likeness (QED) is 0.738. The zero-order valence-corrected chi connectivity index (χ0v) is 10.5. The normalized spacial score (nSPS) is 15.4. The number of allylic oxidation sites excluding steroid dienone is 2. The monoisotopic (exact) mass is 234 g/mol. The number of rotatable bonds is 2. The van der Waals surface area contributed by atoms with Crippen molar-refractivity contribution >= 4 is 17.5 Å². The van der Waals surface area contributed by atoms with Gasteiger partial charge in [-0.15, -0.1) is 0 Å². The van der Waals surface area contributed by atoms with Crippen LogP contribution in [0.2, 0.25) is 0 Å². The zero-order chi connectivity index (χ0) is 11.7. The molecule has 3 nitrogen and oxygen atoms in total. The van der Waals surface area contributed by atoms with Gasteiger partial charge in [-0.25, -0.2) is 9.97 Å². The van der Waals surface area contributed by atoms with Crippen LogP contribution in [0.1, 0.15) is 29.8 Å². The van der Waals surface area contributed by atoms with Crippen molar-refractivity contribution in [1.82, 2.24) is 9.97 Å². The lowest BCUT2D eigenvalue weighted by Gasteiger charge is -2.06. The van der Waals surface area contributed by atoms with Crippen molar-refractivity contribution in [2.45, 2.75) is 38.8 Å². The molecule has 84 valence electrons. The van der Waals surface area contributed by atoms with Crippen LogP contribution in [-0.2, 0) is 4.79 Å². The second-order valence-corrected chi connectivity index (χ2v) is 5.07. The Hall–Kier alpha value is -1.16. The molecule has 1 aromatic rings. The van der Waals surface area contributed by atoms with E-state index in [0.717, 1.165) is 33.4 Å². The summed E-state index contributed by atoms with van der Waals surface area (Å²) < 4.78 is 0. The molecule has 1 aliphatic carbocycles. The van der Waals surface area contributed by atoms with Gasteiger partial charge in [-0.1, -0.05) is 11.8 Å². The molecule has 0 fully saturated rings. The molecule has 0 spiro atoms. The van der Waals surface area contributed by atoms with Crippen LogP contribution in [0.4, 0.5) is 0 Å². The molecule has 1 heterocycles. The van der Waals surface area contributed by atoms with Gasteiger partial charge in [0.2, 0.25) is 0 Å². The standard InChI is InChI=1S/C12H14N2OS/c1-7-8(2)13-12(14-9(7)3)16-11-5-4-10(15)6-11/h6H,4-5H2,1-3H3. The molecular weight excluding hydrogens is 220 g/mol. The Kier molecular flexibility index (Phi) is 3.10. The highest BCUT2D eigenvalue weighted by atomic mass is 32.2. The van der Waals surface area contributed by atoms with Crippen molar-refractivity contribution in [3.63, 3.8) is 0 Å². The van der Waals surface area contributed by atoms with Crippen LogP contribution in [0.3, 0.4) is 0 Å². The molecule has 2 rings (SSSR count). The van der Waals surface area contributed by atoms with Crippen molar-refractivity contribution in [1.29, 1.82) is 0 Å². The third-order valence-electron chi connectivity index (χ3n) is 2.77. The van der Waals surface area contributed by atoms with Gasteiger partial charge in [0.25, 0.3) is 0 Å². The van der Waals surface area contributed by atoms with Gasteiger partial charge in [0.15, 0.2) is 10.9 Å². The van der Waals surface area contributed by atoms with Gasteiger partial charge in [-0.2, -0.15) is 0 Å². The van der Waals surface area contributed by atoms with Gasteiger partial charge in [0.1, 0.15) is 0 Å². The Morgan fingerprint density at radius 1 is 1.12 bits per heavy atom. The minimum absolute atomic E-state index is 0.211. The van der Waals surface area contributed by atoms with E-state index in [0.29, 0.717) is 6.42 Å². The first-order valence-corrected chi connectivity index (χ1v) is 6.11. The second kappa shape index (κ2) is 4.37. The number of ketones is 1. The number of thioether (sulfide) groups is 1. The average molecular weight is 234 g/mol. The van der Waals surface area contributed by atoms with E-state index in [9.17, 15) is 4.79 Å². The minimum atomic E-state index is 0.211. The molecule has 16 heavy (non-hydrogen) atoms. The molecule has 0 N–H and O–H groups in total. The summed E-state index contributed by atoms with van der Waals surface area (Å²) in [5, 5.41) is 0.751. The van der Waals surface area contributed by atoms with E-state index in [1.54, 1.807) is 6.08 Å². The molecule has 1 aromatic heterocycles. The summed E-state index contributed by atoms with van der Waals surface area (Å²) in [6, 6.07) is 0. The fourth-order valence-electron chi connectivity index (χ4n) is 1.56. The first kappa shape index (κ1) is 11.3. The summed E-state index contributed by atoms with van der Waals surface area (Å²) in [6.45, 7) is 6.00. The predicted molar refractivity (Wildman–Crippen MR) is 64.4 cm³/mol. The molecule has 0 aromatic carbocycles. The summed E-state index contributed by atoms with van der Waals surface area (Å²) in [6.07, 6.45) is 3.17. The first-order chi connectivity index (χ1) is 7.56. The van der Waals surface area contributed by atoms with Crippen LogP contribution < -0.4 is 0 Å². The van der Waals surface area contributed by atoms with Crippen LogP contribution in [0, 0.1) is 20.8 Å². The smallest absolute Gasteiger partial charge is 0.192 e. The third kappa shape index (κ3) is 2.32. The number of hydrogen-bond donors (Lipinski definition) is 0. The zero-order valence-electron chi connectivity index (χ0n) is 9.70. The van der Waals surface area contributed by atoms with Gasteiger partial charge in [0.05, 0.1) is 0 Å². The number of nitrogens with zero attached hydrogens (tertiary/aromatic N) is 2. The molecule has 1 aliphatic rings. The molecule has 0 atom stereocenters. The largest absolute Gasteiger partial charge is 0.295 e. The molecule has 0 saturated carbocycles. The van der Waals surface area contributed by atoms with Crippen molar-refractivity contribution in [3.05, 3.63) is 27.9 Å². The van der Waals surface area contributed by atoms with Crippen molar-refractivity contribution in [2.24, 2.45) is 0 Å².